The lowest BCUT2D eigenvalue weighted by Gasteiger charge is -1.98. The zero-order valence-corrected chi connectivity index (χ0v) is 16.7. The first-order valence-corrected chi connectivity index (χ1v) is 10.3. The molecular weight excluding hydrogens is 392 g/mol. The summed E-state index contributed by atoms with van der Waals surface area (Å²) >= 11 is 1.48. The van der Waals surface area contributed by atoms with Crippen molar-refractivity contribution in [3.05, 3.63) is 107 Å². The van der Waals surface area contributed by atoms with Gasteiger partial charge in [-0.25, -0.2) is 0 Å². The van der Waals surface area contributed by atoms with E-state index in [1.165, 1.54) is 11.8 Å². The Kier molecular flexibility index (Phi) is 4.87. The second-order valence-electron chi connectivity index (χ2n) is 6.72. The van der Waals surface area contributed by atoms with E-state index >= 15 is 0 Å². The number of azo groups is 1. The Morgan fingerprint density at radius 2 is 1.43 bits per heavy atom. The van der Waals surface area contributed by atoms with Crippen LogP contribution >= 0.6 is 11.8 Å². The molecular formula is C25H16N2O2S. The molecule has 1 aliphatic heterocycles. The highest BCUT2D eigenvalue weighted by molar-refractivity contribution is 8.04. The van der Waals surface area contributed by atoms with Crippen LogP contribution in [-0.2, 0) is 0 Å². The number of furan rings is 1. The number of thioether (sulfide) groups is 1. The third-order valence-electron chi connectivity index (χ3n) is 4.66. The van der Waals surface area contributed by atoms with Crippen LogP contribution in [0.4, 0.5) is 11.4 Å². The van der Waals surface area contributed by atoms with Gasteiger partial charge in [0.1, 0.15) is 11.5 Å². The van der Waals surface area contributed by atoms with Crippen LogP contribution in [0.5, 0.6) is 0 Å². The molecule has 0 amide bonds. The molecule has 0 bridgehead atoms. The van der Waals surface area contributed by atoms with E-state index < -0.39 is 0 Å². The van der Waals surface area contributed by atoms with E-state index in [1.807, 2.05) is 91.0 Å². The molecule has 0 spiro atoms. The van der Waals surface area contributed by atoms with Gasteiger partial charge in [-0.1, -0.05) is 42.1 Å². The van der Waals surface area contributed by atoms with Gasteiger partial charge in [0.25, 0.3) is 0 Å². The van der Waals surface area contributed by atoms with Crippen molar-refractivity contribution >= 4 is 35.0 Å². The van der Waals surface area contributed by atoms with Crippen LogP contribution in [0.2, 0.25) is 0 Å². The molecule has 0 saturated heterocycles. The summed E-state index contributed by atoms with van der Waals surface area (Å²) in [7, 11) is 0. The molecule has 1 aromatic heterocycles. The number of rotatable bonds is 4. The lowest BCUT2D eigenvalue weighted by atomic mass is 10.1. The molecule has 0 N–H and O–H groups in total. The first kappa shape index (κ1) is 18.3. The maximum Gasteiger partial charge on any atom is 0.200 e. The largest absolute Gasteiger partial charge is 0.457 e. The highest BCUT2D eigenvalue weighted by atomic mass is 32.2. The molecule has 4 aromatic rings. The topological polar surface area (TPSA) is 54.9 Å². The van der Waals surface area contributed by atoms with Crippen LogP contribution in [0.15, 0.2) is 115 Å². The maximum atomic E-state index is 12.5. The molecule has 0 aliphatic carbocycles. The number of allylic oxidation sites excluding steroid dienone is 1. The van der Waals surface area contributed by atoms with E-state index in [0.717, 1.165) is 33.2 Å². The molecule has 5 heteroatoms. The van der Waals surface area contributed by atoms with Gasteiger partial charge in [-0.15, -0.1) is 0 Å². The Morgan fingerprint density at radius 1 is 0.733 bits per heavy atom. The predicted octanol–water partition coefficient (Wildman–Crippen LogP) is 7.69. The summed E-state index contributed by atoms with van der Waals surface area (Å²) < 4.78 is 5.95. The highest BCUT2D eigenvalue weighted by Gasteiger charge is 2.25. The van der Waals surface area contributed by atoms with Gasteiger partial charge in [0, 0.05) is 16.0 Å². The molecule has 2 heterocycles. The molecule has 0 unspecified atom stereocenters. The third-order valence-corrected chi connectivity index (χ3v) is 5.76. The van der Waals surface area contributed by atoms with Crippen LogP contribution in [-0.4, -0.2) is 5.78 Å². The van der Waals surface area contributed by atoms with E-state index in [1.54, 1.807) is 6.08 Å². The predicted molar refractivity (Wildman–Crippen MR) is 119 cm³/mol. The SMILES string of the molecule is O=C1/C(=C/c2ccc(-c3ccc(N=Nc4ccccc4)cc3)o2)Sc2ccccc21. The van der Waals surface area contributed by atoms with E-state index in [4.69, 9.17) is 4.42 Å². The number of ketones is 1. The maximum absolute atomic E-state index is 12.5. The van der Waals surface area contributed by atoms with Crippen LogP contribution in [0.3, 0.4) is 0 Å². The lowest BCUT2D eigenvalue weighted by molar-refractivity contribution is 0.104. The van der Waals surface area contributed by atoms with E-state index in [-0.39, 0.29) is 5.78 Å². The summed E-state index contributed by atoms with van der Waals surface area (Å²) in [5.41, 5.74) is 3.27. The van der Waals surface area contributed by atoms with Crippen molar-refractivity contribution in [2.45, 2.75) is 4.90 Å². The molecule has 4 nitrogen and oxygen atoms in total. The number of hydrogen-bond donors (Lipinski definition) is 0. The average molecular weight is 408 g/mol. The summed E-state index contributed by atoms with van der Waals surface area (Å²) in [5.74, 6) is 1.43. The van der Waals surface area contributed by atoms with Crippen LogP contribution in [0, 0.1) is 0 Å². The monoisotopic (exact) mass is 408 g/mol. The van der Waals surface area contributed by atoms with Gasteiger partial charge >= 0.3 is 0 Å². The molecule has 30 heavy (non-hydrogen) atoms. The van der Waals surface area contributed by atoms with E-state index in [2.05, 4.69) is 10.2 Å². The number of hydrogen-bond acceptors (Lipinski definition) is 5. The lowest BCUT2D eigenvalue weighted by Crippen LogP contribution is -1.93. The molecule has 0 saturated carbocycles. The summed E-state index contributed by atoms with van der Waals surface area (Å²) in [6, 6.07) is 28.7. The third kappa shape index (κ3) is 3.75. The smallest absolute Gasteiger partial charge is 0.200 e. The Hall–Kier alpha value is -3.70. The number of carbonyl (C=O) groups excluding carboxylic acids is 1. The fourth-order valence-corrected chi connectivity index (χ4v) is 4.18. The summed E-state index contributed by atoms with van der Waals surface area (Å²) in [6.07, 6.45) is 1.80. The van der Waals surface area contributed by atoms with Crippen LogP contribution in [0.1, 0.15) is 16.1 Å². The second kappa shape index (κ2) is 7.97. The highest BCUT2D eigenvalue weighted by Crippen LogP contribution is 2.41. The Labute approximate surface area is 178 Å². The molecule has 1 aliphatic rings. The van der Waals surface area contributed by atoms with Gasteiger partial charge in [-0.05, 0) is 66.7 Å². The molecule has 3 aromatic carbocycles. The minimum absolute atomic E-state index is 0.0432. The van der Waals surface area contributed by atoms with E-state index in [9.17, 15) is 4.79 Å². The average Bonchev–Trinajstić information content (AvgIpc) is 3.39. The first-order valence-electron chi connectivity index (χ1n) is 9.47. The molecule has 0 atom stereocenters. The number of nitrogens with zero attached hydrogens (tertiary/aromatic N) is 2. The number of benzene rings is 3. The second-order valence-corrected chi connectivity index (χ2v) is 7.80. The quantitative estimate of drug-likeness (QED) is 0.257. The van der Waals surface area contributed by atoms with Crippen molar-refractivity contribution in [3.63, 3.8) is 0 Å². The van der Waals surface area contributed by atoms with Gasteiger partial charge in [0.15, 0.2) is 0 Å². The fraction of sp³-hybridized carbons (Fsp3) is 0. The van der Waals surface area contributed by atoms with Crippen molar-refractivity contribution in [1.29, 1.82) is 0 Å². The van der Waals surface area contributed by atoms with Gasteiger partial charge in [-0.3, -0.25) is 4.79 Å². The Balaban J connectivity index is 1.32. The van der Waals surface area contributed by atoms with Crippen LogP contribution < -0.4 is 0 Å². The zero-order chi connectivity index (χ0) is 20.3. The van der Waals surface area contributed by atoms with Gasteiger partial charge < -0.3 is 4.42 Å². The van der Waals surface area contributed by atoms with Crippen molar-refractivity contribution in [3.8, 4) is 11.3 Å². The minimum atomic E-state index is 0.0432. The Bertz CT molecular complexity index is 1270. The van der Waals surface area contributed by atoms with E-state index in [0.29, 0.717) is 10.7 Å². The minimum Gasteiger partial charge on any atom is -0.457 e. The summed E-state index contributed by atoms with van der Waals surface area (Å²) in [4.78, 5) is 14.2. The summed E-state index contributed by atoms with van der Waals surface area (Å²) in [5, 5.41) is 8.48. The summed E-state index contributed by atoms with van der Waals surface area (Å²) in [6.45, 7) is 0. The number of Topliss-reactive ketones (excluding diaryl/α,β-unsaturated/α-hetero) is 1. The molecule has 144 valence electrons. The van der Waals surface area contributed by atoms with Crippen molar-refractivity contribution in [2.24, 2.45) is 10.2 Å². The number of carbonyl (C=O) groups is 1. The van der Waals surface area contributed by atoms with Crippen molar-refractivity contribution in [1.82, 2.24) is 0 Å². The van der Waals surface area contributed by atoms with Gasteiger partial charge in [-0.2, -0.15) is 10.2 Å². The first-order chi connectivity index (χ1) is 14.8. The van der Waals surface area contributed by atoms with Crippen molar-refractivity contribution < 1.29 is 9.21 Å². The zero-order valence-electron chi connectivity index (χ0n) is 15.9. The van der Waals surface area contributed by atoms with Crippen molar-refractivity contribution in [2.75, 3.05) is 0 Å². The number of fused-ring (bicyclic) bond motifs is 1. The normalized spacial score (nSPS) is 14.5. The Morgan fingerprint density at radius 3 is 2.20 bits per heavy atom. The molecule has 0 fully saturated rings. The standard InChI is InChI=1S/C25H16N2O2S/c28-25-21-8-4-5-9-23(21)30-24(25)16-20-14-15-22(29-20)17-10-12-19(13-11-17)27-26-18-6-2-1-3-7-18/h1-16H/b24-16-,27-26?. The van der Waals surface area contributed by atoms with Gasteiger partial charge in [0.2, 0.25) is 5.78 Å². The van der Waals surface area contributed by atoms with Crippen LogP contribution in [0.25, 0.3) is 17.4 Å². The molecule has 0 radical (unpaired) electrons. The fourth-order valence-electron chi connectivity index (χ4n) is 3.15. The van der Waals surface area contributed by atoms with Gasteiger partial charge in [0.05, 0.1) is 16.3 Å². The molecule has 5 rings (SSSR count).